The van der Waals surface area contributed by atoms with E-state index >= 15 is 0 Å². The van der Waals surface area contributed by atoms with Gasteiger partial charge in [-0.25, -0.2) is 0 Å². The quantitative estimate of drug-likeness (QED) is 0.305. The molecule has 4 rings (SSSR count). The Kier molecular flexibility index (Phi) is 3.71. The first-order valence-corrected chi connectivity index (χ1v) is 8.52. The Morgan fingerprint density at radius 1 is 1.13 bits per heavy atom. The molecule has 0 aromatic rings. The molecule has 1 saturated heterocycles. The van der Waals surface area contributed by atoms with E-state index < -0.39 is 0 Å². The highest BCUT2D eigenvalue weighted by atomic mass is 16.6. The predicted octanol–water partition coefficient (Wildman–Crippen LogP) is 1.19. The van der Waals surface area contributed by atoms with Crippen LogP contribution < -0.4 is 0 Å². The number of carbonyl (C=O) groups is 3. The molecule has 23 heavy (non-hydrogen) atoms. The van der Waals surface area contributed by atoms with Crippen LogP contribution in [0, 0.1) is 11.8 Å². The molecule has 124 valence electrons. The number of ether oxygens (including phenoxy) is 2. The number of nitrogens with zero attached hydrogens (tertiary/aromatic N) is 1. The summed E-state index contributed by atoms with van der Waals surface area (Å²) < 4.78 is 11.2. The van der Waals surface area contributed by atoms with Crippen LogP contribution in [0.4, 0.5) is 0 Å². The summed E-state index contributed by atoms with van der Waals surface area (Å²) in [6, 6.07) is 0. The summed E-state index contributed by atoms with van der Waals surface area (Å²) in [4.78, 5) is 35.9. The first kappa shape index (κ1) is 14.9. The Balaban J connectivity index is 1.10. The molecule has 4 unspecified atom stereocenters. The Morgan fingerprint density at radius 2 is 1.91 bits per heavy atom. The topological polar surface area (TPSA) is 76.2 Å². The van der Waals surface area contributed by atoms with E-state index in [4.69, 9.17) is 9.47 Å². The van der Waals surface area contributed by atoms with Crippen molar-refractivity contribution in [1.29, 1.82) is 0 Å². The smallest absolute Gasteiger partial charge is 0.306 e. The van der Waals surface area contributed by atoms with E-state index in [0.717, 1.165) is 32.1 Å². The Labute approximate surface area is 134 Å². The SMILES string of the molecule is O=C(CCCCCN1C(=O)C=CC1=O)OC1C[C@H]2CC1C1OC12. The number of esters is 1. The first-order valence-electron chi connectivity index (χ1n) is 8.52. The van der Waals surface area contributed by atoms with Gasteiger partial charge in [0.1, 0.15) is 6.10 Å². The molecule has 6 heteroatoms. The maximum atomic E-state index is 11.9. The normalized spacial score (nSPS) is 36.7. The summed E-state index contributed by atoms with van der Waals surface area (Å²) in [6.45, 7) is 0.423. The molecule has 4 aliphatic rings. The molecule has 3 fully saturated rings. The largest absolute Gasteiger partial charge is 0.462 e. The van der Waals surface area contributed by atoms with Gasteiger partial charge in [0.05, 0.1) is 12.2 Å². The van der Waals surface area contributed by atoms with Crippen molar-refractivity contribution in [2.24, 2.45) is 11.8 Å². The second-order valence-corrected chi connectivity index (χ2v) is 6.96. The number of hydrogen-bond acceptors (Lipinski definition) is 5. The third-order valence-electron chi connectivity index (χ3n) is 5.48. The van der Waals surface area contributed by atoms with E-state index in [1.807, 2.05) is 0 Å². The van der Waals surface area contributed by atoms with Gasteiger partial charge in [-0.3, -0.25) is 19.3 Å². The molecule has 0 aromatic heterocycles. The minimum atomic E-state index is -0.244. The number of amides is 2. The molecule has 0 aromatic carbocycles. The average molecular weight is 319 g/mol. The van der Waals surface area contributed by atoms with E-state index in [-0.39, 0.29) is 23.9 Å². The molecule has 2 aliphatic heterocycles. The monoisotopic (exact) mass is 319 g/mol. The highest BCUT2D eigenvalue weighted by Crippen LogP contribution is 2.57. The van der Waals surface area contributed by atoms with Crippen molar-refractivity contribution >= 4 is 17.8 Å². The third-order valence-corrected chi connectivity index (χ3v) is 5.48. The second kappa shape index (κ2) is 5.74. The summed E-state index contributed by atoms with van der Waals surface area (Å²) in [6.07, 6.45) is 8.23. The van der Waals surface area contributed by atoms with Crippen LogP contribution in [0.2, 0.25) is 0 Å². The number of fused-ring (bicyclic) bond motifs is 5. The lowest BCUT2D eigenvalue weighted by molar-refractivity contribution is -0.151. The van der Waals surface area contributed by atoms with E-state index in [1.54, 1.807) is 0 Å². The number of unbranched alkanes of at least 4 members (excludes halogenated alkanes) is 2. The van der Waals surface area contributed by atoms with Crippen molar-refractivity contribution in [3.05, 3.63) is 12.2 Å². The van der Waals surface area contributed by atoms with E-state index in [0.29, 0.717) is 37.0 Å². The molecule has 0 spiro atoms. The first-order chi connectivity index (χ1) is 11.1. The second-order valence-electron chi connectivity index (χ2n) is 6.96. The molecular weight excluding hydrogens is 298 g/mol. The zero-order valence-electron chi connectivity index (χ0n) is 13.0. The van der Waals surface area contributed by atoms with Crippen LogP contribution in [0.3, 0.4) is 0 Å². The van der Waals surface area contributed by atoms with E-state index in [2.05, 4.69) is 0 Å². The molecule has 0 N–H and O–H groups in total. The molecular formula is C17H21NO5. The van der Waals surface area contributed by atoms with Crippen LogP contribution in [-0.2, 0) is 23.9 Å². The van der Waals surface area contributed by atoms with Crippen LogP contribution in [0.25, 0.3) is 0 Å². The van der Waals surface area contributed by atoms with Gasteiger partial charge in [-0.05, 0) is 31.6 Å². The number of carbonyl (C=O) groups excluding carboxylic acids is 3. The Morgan fingerprint density at radius 3 is 2.61 bits per heavy atom. The maximum absolute atomic E-state index is 11.9. The van der Waals surface area contributed by atoms with Crippen LogP contribution in [0.1, 0.15) is 38.5 Å². The standard InChI is InChI=1S/C17H21NO5/c19-13-5-6-14(20)18(13)7-3-1-2-4-15(21)22-12-9-10-8-11(12)17-16(10)23-17/h5-6,10-12,16-17H,1-4,7-9H2/t10-,11?,12?,16?,17?/m1/s1. The van der Waals surface area contributed by atoms with Gasteiger partial charge in [-0.1, -0.05) is 6.42 Å². The average Bonchev–Trinajstić information content (AvgIpc) is 3.01. The van der Waals surface area contributed by atoms with Gasteiger partial charge in [0.2, 0.25) is 0 Å². The highest BCUT2D eigenvalue weighted by molar-refractivity contribution is 6.12. The molecule has 2 saturated carbocycles. The van der Waals surface area contributed by atoms with Gasteiger partial charge < -0.3 is 9.47 Å². The lowest BCUT2D eigenvalue weighted by Crippen LogP contribution is -2.30. The summed E-state index contributed by atoms with van der Waals surface area (Å²) in [7, 11) is 0. The van der Waals surface area contributed by atoms with Crippen LogP contribution in [0.15, 0.2) is 12.2 Å². The van der Waals surface area contributed by atoms with Gasteiger partial charge >= 0.3 is 5.97 Å². The van der Waals surface area contributed by atoms with Gasteiger partial charge in [-0.15, -0.1) is 0 Å². The summed E-state index contributed by atoms with van der Waals surface area (Å²) in [5, 5.41) is 0. The lowest BCUT2D eigenvalue weighted by atomic mass is 9.98. The fraction of sp³-hybridized carbons (Fsp3) is 0.706. The molecule has 5 atom stereocenters. The number of hydrogen-bond donors (Lipinski definition) is 0. The number of epoxide rings is 1. The molecule has 2 aliphatic carbocycles. The summed E-state index contributed by atoms with van der Waals surface area (Å²) >= 11 is 0. The molecule has 6 nitrogen and oxygen atoms in total. The lowest BCUT2D eigenvalue weighted by Gasteiger charge is -2.20. The molecule has 2 amide bonds. The van der Waals surface area contributed by atoms with Gasteiger partial charge in [0.25, 0.3) is 11.8 Å². The highest BCUT2D eigenvalue weighted by Gasteiger charge is 2.64. The molecule has 2 heterocycles. The van der Waals surface area contributed by atoms with E-state index in [1.165, 1.54) is 17.1 Å². The van der Waals surface area contributed by atoms with Crippen LogP contribution >= 0.6 is 0 Å². The van der Waals surface area contributed by atoms with Crippen molar-refractivity contribution in [2.75, 3.05) is 6.54 Å². The maximum Gasteiger partial charge on any atom is 0.306 e. The Bertz CT molecular complexity index is 553. The molecule has 0 radical (unpaired) electrons. The van der Waals surface area contributed by atoms with Gasteiger partial charge in [0, 0.05) is 31.0 Å². The summed E-state index contributed by atoms with van der Waals surface area (Å²) in [5.74, 6) is 0.410. The van der Waals surface area contributed by atoms with Gasteiger partial charge in [0.15, 0.2) is 0 Å². The molecule has 2 bridgehead atoms. The van der Waals surface area contributed by atoms with Crippen LogP contribution in [-0.4, -0.2) is 47.5 Å². The van der Waals surface area contributed by atoms with Crippen molar-refractivity contribution in [3.8, 4) is 0 Å². The predicted molar refractivity (Wildman–Crippen MR) is 79.1 cm³/mol. The number of rotatable bonds is 7. The fourth-order valence-electron chi connectivity index (χ4n) is 4.28. The van der Waals surface area contributed by atoms with Gasteiger partial charge in [-0.2, -0.15) is 0 Å². The fourth-order valence-corrected chi connectivity index (χ4v) is 4.28. The van der Waals surface area contributed by atoms with Crippen molar-refractivity contribution in [2.45, 2.75) is 56.8 Å². The Hall–Kier alpha value is -1.69. The van der Waals surface area contributed by atoms with E-state index in [9.17, 15) is 14.4 Å². The zero-order chi connectivity index (χ0) is 16.0. The minimum Gasteiger partial charge on any atom is -0.462 e. The van der Waals surface area contributed by atoms with Crippen molar-refractivity contribution in [1.82, 2.24) is 4.90 Å². The van der Waals surface area contributed by atoms with Crippen molar-refractivity contribution < 1.29 is 23.9 Å². The van der Waals surface area contributed by atoms with Crippen LogP contribution in [0.5, 0.6) is 0 Å². The minimum absolute atomic E-state index is 0.0576. The van der Waals surface area contributed by atoms with Crippen molar-refractivity contribution in [3.63, 3.8) is 0 Å². The zero-order valence-corrected chi connectivity index (χ0v) is 13.0. The third kappa shape index (κ3) is 2.80. The summed E-state index contributed by atoms with van der Waals surface area (Å²) in [5.41, 5.74) is 0. The number of imide groups is 1.